The highest BCUT2D eigenvalue weighted by molar-refractivity contribution is 7.16. The highest BCUT2D eigenvalue weighted by Crippen LogP contribution is 2.46. The van der Waals surface area contributed by atoms with E-state index in [1.165, 1.54) is 17.8 Å². The van der Waals surface area contributed by atoms with Gasteiger partial charge in [-0.05, 0) is 56.9 Å². The third kappa shape index (κ3) is 3.92. The quantitative estimate of drug-likeness (QED) is 0.608. The lowest BCUT2D eigenvalue weighted by Gasteiger charge is -2.41. The van der Waals surface area contributed by atoms with E-state index < -0.39 is 17.8 Å². The van der Waals surface area contributed by atoms with Crippen LogP contribution < -0.4 is 10.6 Å². The van der Waals surface area contributed by atoms with Crippen LogP contribution in [0.2, 0.25) is 0 Å². The summed E-state index contributed by atoms with van der Waals surface area (Å²) in [6.07, 6.45) is 11.1. The molecule has 0 spiro atoms. The summed E-state index contributed by atoms with van der Waals surface area (Å²) in [7, 11) is 0. The number of hydrogen-bond acceptors (Lipinski definition) is 4. The van der Waals surface area contributed by atoms with Crippen LogP contribution >= 0.6 is 11.3 Å². The Balaban J connectivity index is 1.55. The molecule has 1 heterocycles. The largest absolute Gasteiger partial charge is 0.481 e. The highest BCUT2D eigenvalue weighted by atomic mass is 32.1. The lowest BCUT2D eigenvalue weighted by molar-refractivity contribution is -0.151. The van der Waals surface area contributed by atoms with Crippen molar-refractivity contribution in [3.63, 3.8) is 0 Å². The van der Waals surface area contributed by atoms with Crippen LogP contribution in [0, 0.1) is 37.5 Å². The van der Waals surface area contributed by atoms with Gasteiger partial charge in [0.1, 0.15) is 5.00 Å². The molecule has 0 radical (unpaired) electrons. The first-order valence-corrected chi connectivity index (χ1v) is 11.8. The second-order valence-corrected chi connectivity index (χ2v) is 10.2. The number of allylic oxidation sites excluding steroid dienone is 2. The Hall–Kier alpha value is -2.15. The molecule has 2 amide bonds. The van der Waals surface area contributed by atoms with Gasteiger partial charge in [0.25, 0.3) is 5.91 Å². The van der Waals surface area contributed by atoms with Crippen LogP contribution in [-0.2, 0) is 9.59 Å². The Morgan fingerprint density at radius 2 is 1.60 bits per heavy atom. The molecule has 5 rings (SSSR count). The lowest BCUT2D eigenvalue weighted by atomic mass is 9.62. The molecule has 162 valence electrons. The predicted octanol–water partition coefficient (Wildman–Crippen LogP) is 4.28. The topological polar surface area (TPSA) is 95.5 Å². The fraction of sp³-hybridized carbons (Fsp3) is 0.609. The van der Waals surface area contributed by atoms with E-state index in [1.54, 1.807) is 0 Å². The zero-order chi connectivity index (χ0) is 21.4. The molecule has 0 unspecified atom stereocenters. The number of anilines is 1. The summed E-state index contributed by atoms with van der Waals surface area (Å²) < 4.78 is 0. The minimum atomic E-state index is -0.914. The van der Waals surface area contributed by atoms with Crippen molar-refractivity contribution < 1.29 is 19.5 Å². The number of hydrogen-bond donors (Lipinski definition) is 3. The van der Waals surface area contributed by atoms with Gasteiger partial charge in [0, 0.05) is 10.9 Å². The summed E-state index contributed by atoms with van der Waals surface area (Å²) in [5, 5.41) is 16.4. The molecule has 2 fully saturated rings. The van der Waals surface area contributed by atoms with Crippen molar-refractivity contribution in [2.45, 2.75) is 64.8 Å². The van der Waals surface area contributed by atoms with E-state index in [0.29, 0.717) is 10.6 Å². The molecule has 7 heteroatoms. The second-order valence-electron chi connectivity index (χ2n) is 8.96. The van der Waals surface area contributed by atoms with Gasteiger partial charge in [0.2, 0.25) is 5.91 Å². The van der Waals surface area contributed by atoms with Crippen molar-refractivity contribution >= 4 is 34.1 Å². The van der Waals surface area contributed by atoms with Gasteiger partial charge in [-0.15, -0.1) is 11.3 Å². The number of carbonyl (C=O) groups excluding carboxylic acids is 2. The Labute approximate surface area is 181 Å². The van der Waals surface area contributed by atoms with Crippen molar-refractivity contribution in [3.05, 3.63) is 28.2 Å². The fourth-order valence-corrected chi connectivity index (χ4v) is 6.44. The summed E-state index contributed by atoms with van der Waals surface area (Å²) in [6, 6.07) is 0.185. The minimum absolute atomic E-state index is 0.0576. The number of aliphatic carboxylic acids is 1. The Kier molecular flexibility index (Phi) is 6.00. The van der Waals surface area contributed by atoms with E-state index in [9.17, 15) is 19.5 Å². The molecule has 30 heavy (non-hydrogen) atoms. The Bertz CT molecular complexity index is 884. The number of rotatable bonds is 5. The maximum atomic E-state index is 13.2. The molecule has 0 aliphatic heterocycles. The minimum Gasteiger partial charge on any atom is -0.481 e. The molecular weight excluding hydrogens is 400 g/mol. The van der Waals surface area contributed by atoms with E-state index >= 15 is 0 Å². The van der Waals surface area contributed by atoms with Gasteiger partial charge in [-0.1, -0.05) is 31.4 Å². The zero-order valence-electron chi connectivity index (χ0n) is 17.6. The normalized spacial score (nSPS) is 28.3. The molecule has 4 aliphatic rings. The molecule has 4 aliphatic carbocycles. The molecule has 3 N–H and O–H groups in total. The van der Waals surface area contributed by atoms with Crippen LogP contribution in [0.4, 0.5) is 5.00 Å². The van der Waals surface area contributed by atoms with Crippen LogP contribution in [0.3, 0.4) is 0 Å². The van der Waals surface area contributed by atoms with Crippen LogP contribution in [0.1, 0.15) is 65.7 Å². The van der Waals surface area contributed by atoms with Gasteiger partial charge >= 0.3 is 5.97 Å². The smallest absolute Gasteiger partial charge is 0.307 e. The number of nitrogens with one attached hydrogen (secondary N) is 2. The van der Waals surface area contributed by atoms with E-state index in [1.807, 2.05) is 26.0 Å². The monoisotopic (exact) mass is 430 g/mol. The third-order valence-electron chi connectivity index (χ3n) is 7.13. The van der Waals surface area contributed by atoms with Crippen molar-refractivity contribution in [3.8, 4) is 0 Å². The molecular formula is C23H30N2O4S. The molecule has 2 saturated carbocycles. The molecule has 1 aromatic rings. The standard InChI is InChI=1S/C23H30N2O4S/c1-12-13(2)30-22(17(12)20(26)24-16-6-4-3-5-7-16)25-21(27)18-14-8-10-15(11-9-14)19(18)23(28)29/h8,10,14-16,18-19H,3-7,9,11H2,1-2H3,(H,24,26)(H,25,27)(H,28,29)/t14-,15+,18+,19+/m1/s1. The van der Waals surface area contributed by atoms with Crippen molar-refractivity contribution in [1.29, 1.82) is 0 Å². The summed E-state index contributed by atoms with van der Waals surface area (Å²) in [5.74, 6) is -2.78. The average molecular weight is 431 g/mol. The first-order valence-electron chi connectivity index (χ1n) is 11.0. The van der Waals surface area contributed by atoms with Gasteiger partial charge < -0.3 is 15.7 Å². The first kappa shape index (κ1) is 21.1. The number of fused-ring (bicyclic) bond motifs is 2. The van der Waals surface area contributed by atoms with Crippen LogP contribution in [0.15, 0.2) is 12.2 Å². The van der Waals surface area contributed by atoms with Crippen molar-refractivity contribution in [2.75, 3.05) is 5.32 Å². The van der Waals surface area contributed by atoms with E-state index in [-0.39, 0.29) is 29.7 Å². The zero-order valence-corrected chi connectivity index (χ0v) is 18.4. The molecule has 1 aromatic heterocycles. The molecule has 0 aromatic carbocycles. The summed E-state index contributed by atoms with van der Waals surface area (Å²) >= 11 is 1.40. The maximum Gasteiger partial charge on any atom is 0.307 e. The predicted molar refractivity (Wildman–Crippen MR) is 117 cm³/mol. The second kappa shape index (κ2) is 8.53. The fourth-order valence-electron chi connectivity index (χ4n) is 5.38. The molecule has 6 nitrogen and oxygen atoms in total. The van der Waals surface area contributed by atoms with Gasteiger partial charge in [0.15, 0.2) is 0 Å². The number of carbonyl (C=O) groups is 3. The van der Waals surface area contributed by atoms with Gasteiger partial charge in [-0.2, -0.15) is 0 Å². The Morgan fingerprint density at radius 3 is 2.20 bits per heavy atom. The van der Waals surface area contributed by atoms with Crippen molar-refractivity contribution in [1.82, 2.24) is 5.32 Å². The van der Waals surface area contributed by atoms with Gasteiger partial charge in [-0.3, -0.25) is 14.4 Å². The maximum absolute atomic E-state index is 13.2. The van der Waals surface area contributed by atoms with E-state index in [0.717, 1.165) is 49.0 Å². The number of thiophene rings is 1. The number of carboxylic acids is 1. The first-order chi connectivity index (χ1) is 14.4. The van der Waals surface area contributed by atoms with E-state index in [2.05, 4.69) is 10.6 Å². The average Bonchev–Trinajstić information content (AvgIpc) is 3.01. The highest BCUT2D eigenvalue weighted by Gasteiger charge is 2.48. The molecule has 0 saturated heterocycles. The van der Waals surface area contributed by atoms with E-state index in [4.69, 9.17) is 0 Å². The molecule has 2 bridgehead atoms. The molecule has 4 atom stereocenters. The van der Waals surface area contributed by atoms with Crippen LogP contribution in [0.25, 0.3) is 0 Å². The van der Waals surface area contributed by atoms with Gasteiger partial charge in [0.05, 0.1) is 17.4 Å². The summed E-state index contributed by atoms with van der Waals surface area (Å²) in [6.45, 7) is 3.85. The van der Waals surface area contributed by atoms with Crippen LogP contribution in [0.5, 0.6) is 0 Å². The summed E-state index contributed by atoms with van der Waals surface area (Å²) in [5.41, 5.74) is 1.41. The number of carboxylic acid groups (broad SMARTS) is 1. The Morgan fingerprint density at radius 1 is 0.967 bits per heavy atom. The van der Waals surface area contributed by atoms with Crippen LogP contribution in [-0.4, -0.2) is 28.9 Å². The number of aryl methyl sites for hydroxylation is 1. The van der Waals surface area contributed by atoms with Gasteiger partial charge in [-0.25, -0.2) is 0 Å². The third-order valence-corrected chi connectivity index (χ3v) is 8.25. The van der Waals surface area contributed by atoms with Crippen molar-refractivity contribution in [2.24, 2.45) is 23.7 Å². The number of amides is 2. The SMILES string of the molecule is Cc1sc(NC(=O)[C@@H]2[C@@H](C(=O)O)[C@H]3C=C[C@@H]2CC3)c(C(=O)NC2CCCCC2)c1C. The lowest BCUT2D eigenvalue weighted by Crippen LogP contribution is -2.47. The summed E-state index contributed by atoms with van der Waals surface area (Å²) in [4.78, 5) is 39.2.